The Labute approximate surface area is 131 Å². The molecule has 1 saturated heterocycles. The van der Waals surface area contributed by atoms with Crippen LogP contribution in [0.15, 0.2) is 12.3 Å². The molecule has 2 aromatic rings. The zero-order valence-corrected chi connectivity index (χ0v) is 13.5. The van der Waals surface area contributed by atoms with Gasteiger partial charge in [0.1, 0.15) is 5.82 Å². The van der Waals surface area contributed by atoms with Gasteiger partial charge in [-0.2, -0.15) is 9.97 Å². The number of nitrogens with one attached hydrogen (secondary N) is 1. The Hall–Kier alpha value is -1.95. The average molecular weight is 300 g/mol. The van der Waals surface area contributed by atoms with Crippen molar-refractivity contribution in [3.05, 3.63) is 17.8 Å². The fraction of sp³-hybridized carbons (Fsp3) is 0.562. The van der Waals surface area contributed by atoms with E-state index in [1.165, 1.54) is 0 Å². The Bertz CT molecular complexity index is 661. The molecule has 0 saturated carbocycles. The van der Waals surface area contributed by atoms with Crippen molar-refractivity contribution in [2.75, 3.05) is 31.2 Å². The van der Waals surface area contributed by atoms with Gasteiger partial charge in [-0.15, -0.1) is 0 Å². The molecule has 0 aliphatic carbocycles. The van der Waals surface area contributed by atoms with Crippen LogP contribution >= 0.6 is 0 Å². The molecule has 0 spiro atoms. The number of hydrogen-bond donors (Lipinski definition) is 2. The Morgan fingerprint density at radius 1 is 1.27 bits per heavy atom. The first-order valence-corrected chi connectivity index (χ1v) is 7.91. The van der Waals surface area contributed by atoms with Crippen molar-refractivity contribution in [2.24, 2.45) is 0 Å². The van der Waals surface area contributed by atoms with Crippen LogP contribution in [0, 0.1) is 0 Å². The van der Waals surface area contributed by atoms with Crippen LogP contribution in [0.3, 0.4) is 0 Å². The number of fused-ring (bicyclic) bond motifs is 1. The number of aromatic nitrogens is 3. The largest absolute Gasteiger partial charge is 0.383 e. The molecule has 0 aromatic carbocycles. The predicted octanol–water partition coefficient (Wildman–Crippen LogP) is 2.24. The van der Waals surface area contributed by atoms with Crippen molar-refractivity contribution in [3.63, 3.8) is 0 Å². The van der Waals surface area contributed by atoms with E-state index in [1.54, 1.807) is 0 Å². The molecule has 0 bridgehead atoms. The number of likely N-dealkylation sites (tertiary alicyclic amines) is 1. The third-order valence-corrected chi connectivity index (χ3v) is 4.32. The van der Waals surface area contributed by atoms with Crippen LogP contribution < -0.4 is 11.1 Å². The Morgan fingerprint density at radius 2 is 2.00 bits per heavy atom. The first kappa shape index (κ1) is 15.0. The second kappa shape index (κ2) is 6.04. The second-order valence-electron chi connectivity index (χ2n) is 6.45. The molecular formula is C16H24N6. The first-order chi connectivity index (χ1) is 10.5. The zero-order valence-electron chi connectivity index (χ0n) is 13.5. The van der Waals surface area contributed by atoms with Crippen molar-refractivity contribution in [1.82, 2.24) is 19.9 Å². The maximum absolute atomic E-state index is 6.11. The van der Waals surface area contributed by atoms with E-state index in [1.807, 2.05) is 12.3 Å². The van der Waals surface area contributed by atoms with E-state index in [-0.39, 0.29) is 0 Å². The lowest BCUT2D eigenvalue weighted by Gasteiger charge is -2.29. The number of pyridine rings is 1. The van der Waals surface area contributed by atoms with Gasteiger partial charge in [0.25, 0.3) is 0 Å². The van der Waals surface area contributed by atoms with Gasteiger partial charge in [-0.05, 0) is 50.5 Å². The summed E-state index contributed by atoms with van der Waals surface area (Å²) in [6, 6.07) is 2.45. The summed E-state index contributed by atoms with van der Waals surface area (Å²) in [5.41, 5.74) is 7.93. The van der Waals surface area contributed by atoms with Crippen molar-refractivity contribution in [2.45, 2.75) is 38.6 Å². The molecule has 2 aromatic heterocycles. The number of piperidine rings is 1. The number of nitrogens with zero attached hydrogens (tertiary/aromatic N) is 4. The first-order valence-electron chi connectivity index (χ1n) is 7.91. The van der Waals surface area contributed by atoms with Gasteiger partial charge in [0.05, 0.1) is 5.39 Å². The minimum Gasteiger partial charge on any atom is -0.383 e. The summed E-state index contributed by atoms with van der Waals surface area (Å²) >= 11 is 0. The zero-order chi connectivity index (χ0) is 15.7. The molecular weight excluding hydrogens is 276 g/mol. The van der Waals surface area contributed by atoms with Crippen LogP contribution in [0.5, 0.6) is 0 Å². The summed E-state index contributed by atoms with van der Waals surface area (Å²) in [5.74, 6) is 1.49. The molecule has 0 unspecified atom stereocenters. The molecule has 6 heteroatoms. The number of nitrogen functional groups attached to an aromatic ring is 1. The van der Waals surface area contributed by atoms with Gasteiger partial charge in [0.2, 0.25) is 5.95 Å². The predicted molar refractivity (Wildman–Crippen MR) is 90.0 cm³/mol. The van der Waals surface area contributed by atoms with E-state index in [0.717, 1.165) is 36.9 Å². The summed E-state index contributed by atoms with van der Waals surface area (Å²) < 4.78 is 0. The monoisotopic (exact) mass is 300 g/mol. The Kier molecular flexibility index (Phi) is 4.11. The van der Waals surface area contributed by atoms with E-state index in [9.17, 15) is 0 Å². The summed E-state index contributed by atoms with van der Waals surface area (Å²) in [6.07, 6.45) is 4.06. The smallest absolute Gasteiger partial charge is 0.226 e. The van der Waals surface area contributed by atoms with Crippen LogP contribution in [0.1, 0.15) is 38.2 Å². The molecule has 1 aliphatic heterocycles. The van der Waals surface area contributed by atoms with E-state index in [2.05, 4.69) is 46.1 Å². The molecule has 0 amide bonds. The number of nitrogens with two attached hydrogens (primary N) is 1. The molecule has 0 radical (unpaired) electrons. The van der Waals surface area contributed by atoms with Gasteiger partial charge in [0.15, 0.2) is 5.65 Å². The van der Waals surface area contributed by atoms with Crippen LogP contribution in [0.25, 0.3) is 11.0 Å². The lowest BCUT2D eigenvalue weighted by Crippen LogP contribution is -2.37. The highest BCUT2D eigenvalue weighted by Gasteiger charge is 2.18. The standard InChI is InChI=1S/C16H24N6/c1-10(2)11-8-13-14(17)20-16(21-15(13)18-9-11)19-12-4-6-22(3)7-5-12/h8-10,12H,4-7H2,1-3H3,(H3,17,18,19,20,21). The minimum absolute atomic E-state index is 0.406. The quantitative estimate of drug-likeness (QED) is 0.905. The fourth-order valence-corrected chi connectivity index (χ4v) is 2.77. The van der Waals surface area contributed by atoms with E-state index in [4.69, 9.17) is 5.73 Å². The normalized spacial score (nSPS) is 17.3. The number of anilines is 2. The maximum atomic E-state index is 6.11. The van der Waals surface area contributed by atoms with Gasteiger partial charge in [-0.3, -0.25) is 0 Å². The van der Waals surface area contributed by atoms with Gasteiger partial charge in [-0.1, -0.05) is 13.8 Å². The van der Waals surface area contributed by atoms with Crippen LogP contribution in [-0.4, -0.2) is 46.0 Å². The third kappa shape index (κ3) is 3.11. The summed E-state index contributed by atoms with van der Waals surface area (Å²) in [6.45, 7) is 6.46. The highest BCUT2D eigenvalue weighted by atomic mass is 15.2. The minimum atomic E-state index is 0.406. The Balaban J connectivity index is 1.84. The van der Waals surface area contributed by atoms with E-state index in [0.29, 0.717) is 29.4 Å². The summed E-state index contributed by atoms with van der Waals surface area (Å²) in [5, 5.41) is 4.24. The SMILES string of the molecule is CC(C)c1cnc2nc(NC3CCN(C)CC3)nc(N)c2c1. The van der Waals surface area contributed by atoms with Crippen molar-refractivity contribution < 1.29 is 0 Å². The molecule has 3 heterocycles. The van der Waals surface area contributed by atoms with Crippen molar-refractivity contribution in [3.8, 4) is 0 Å². The molecule has 22 heavy (non-hydrogen) atoms. The van der Waals surface area contributed by atoms with Gasteiger partial charge >= 0.3 is 0 Å². The third-order valence-electron chi connectivity index (χ3n) is 4.32. The molecule has 1 fully saturated rings. The molecule has 6 nitrogen and oxygen atoms in total. The van der Waals surface area contributed by atoms with Crippen molar-refractivity contribution >= 4 is 22.8 Å². The topological polar surface area (TPSA) is 80.0 Å². The molecule has 118 valence electrons. The van der Waals surface area contributed by atoms with Crippen LogP contribution in [0.2, 0.25) is 0 Å². The summed E-state index contributed by atoms with van der Waals surface area (Å²) in [4.78, 5) is 15.7. The van der Waals surface area contributed by atoms with Crippen molar-refractivity contribution in [1.29, 1.82) is 0 Å². The van der Waals surface area contributed by atoms with Gasteiger partial charge < -0.3 is 16.0 Å². The lowest BCUT2D eigenvalue weighted by molar-refractivity contribution is 0.263. The maximum Gasteiger partial charge on any atom is 0.226 e. The van der Waals surface area contributed by atoms with Gasteiger partial charge in [-0.25, -0.2) is 4.98 Å². The highest BCUT2D eigenvalue weighted by Crippen LogP contribution is 2.23. The van der Waals surface area contributed by atoms with E-state index >= 15 is 0 Å². The lowest BCUT2D eigenvalue weighted by atomic mass is 10.0. The molecule has 3 N–H and O–H groups in total. The average Bonchev–Trinajstić information content (AvgIpc) is 2.49. The van der Waals surface area contributed by atoms with Gasteiger partial charge in [0, 0.05) is 12.2 Å². The molecule has 3 rings (SSSR count). The number of hydrogen-bond acceptors (Lipinski definition) is 6. The van der Waals surface area contributed by atoms with Crippen LogP contribution in [-0.2, 0) is 0 Å². The Morgan fingerprint density at radius 3 is 2.68 bits per heavy atom. The highest BCUT2D eigenvalue weighted by molar-refractivity contribution is 5.86. The molecule has 0 atom stereocenters. The summed E-state index contributed by atoms with van der Waals surface area (Å²) in [7, 11) is 2.15. The molecule has 1 aliphatic rings. The number of rotatable bonds is 3. The fourth-order valence-electron chi connectivity index (χ4n) is 2.77. The second-order valence-corrected chi connectivity index (χ2v) is 6.45. The van der Waals surface area contributed by atoms with Crippen LogP contribution in [0.4, 0.5) is 11.8 Å². The van der Waals surface area contributed by atoms with E-state index < -0.39 is 0 Å².